The van der Waals surface area contributed by atoms with E-state index in [0.717, 1.165) is 5.56 Å². The maximum atomic E-state index is 5.87. The fraction of sp³-hybridized carbons (Fsp3) is 0.111. The van der Waals surface area contributed by atoms with Gasteiger partial charge in [-0.15, -0.1) is 0 Å². The molecular weight excluding hydrogens is 179 g/mol. The zero-order valence-corrected chi connectivity index (χ0v) is 7.65. The lowest BCUT2D eigenvalue weighted by Crippen LogP contribution is -1.73. The Bertz CT molecular complexity index is 277. The Morgan fingerprint density at radius 1 is 1.27 bits per heavy atom. The first-order valence-corrected chi connectivity index (χ1v) is 4.07. The smallest absolute Gasteiger partial charge is 0.0493 e. The molecule has 0 N–H and O–H groups in total. The van der Waals surface area contributed by atoms with E-state index in [4.69, 9.17) is 23.2 Å². The molecule has 11 heavy (non-hydrogen) atoms. The fourth-order valence-electron chi connectivity index (χ4n) is 0.816. The molecule has 0 atom stereocenters. The molecule has 1 aromatic rings. The summed E-state index contributed by atoms with van der Waals surface area (Å²) in [6.07, 6.45) is 3.88. The van der Waals surface area contributed by atoms with Crippen molar-refractivity contribution in [3.05, 3.63) is 39.9 Å². The molecule has 2 heteroatoms. The molecule has 0 aliphatic rings. The highest BCUT2D eigenvalue weighted by Crippen LogP contribution is 2.21. The van der Waals surface area contributed by atoms with E-state index in [2.05, 4.69) is 0 Å². The lowest BCUT2D eigenvalue weighted by atomic mass is 10.2. The topological polar surface area (TPSA) is 0 Å². The first kappa shape index (κ1) is 8.63. The maximum Gasteiger partial charge on any atom is 0.0493 e. The Morgan fingerprint density at radius 2 is 2.00 bits per heavy atom. The Labute approximate surface area is 76.4 Å². The van der Waals surface area contributed by atoms with Crippen molar-refractivity contribution in [3.63, 3.8) is 0 Å². The van der Waals surface area contributed by atoms with Gasteiger partial charge < -0.3 is 0 Å². The number of hydrogen-bond donors (Lipinski definition) is 0. The number of benzene rings is 1. The SMILES string of the molecule is CC=Cc1ccc(Cl)cc1Cl. The van der Waals surface area contributed by atoms with Gasteiger partial charge in [-0.05, 0) is 24.6 Å². The van der Waals surface area contributed by atoms with Crippen molar-refractivity contribution < 1.29 is 0 Å². The van der Waals surface area contributed by atoms with E-state index in [9.17, 15) is 0 Å². The molecule has 0 spiro atoms. The van der Waals surface area contributed by atoms with Crippen LogP contribution in [0.15, 0.2) is 24.3 Å². The van der Waals surface area contributed by atoms with Gasteiger partial charge in [0.2, 0.25) is 0 Å². The van der Waals surface area contributed by atoms with Crippen LogP contribution < -0.4 is 0 Å². The molecule has 0 heterocycles. The van der Waals surface area contributed by atoms with Crippen LogP contribution in [0, 0.1) is 0 Å². The molecule has 0 radical (unpaired) electrons. The zero-order chi connectivity index (χ0) is 8.27. The Balaban J connectivity index is 3.09. The molecular formula is C9H8Cl2. The molecule has 0 amide bonds. The summed E-state index contributed by atoms with van der Waals surface area (Å²) in [5.74, 6) is 0. The van der Waals surface area contributed by atoms with Gasteiger partial charge in [-0.3, -0.25) is 0 Å². The highest BCUT2D eigenvalue weighted by atomic mass is 35.5. The summed E-state index contributed by atoms with van der Waals surface area (Å²) in [5.41, 5.74) is 0.999. The molecule has 58 valence electrons. The van der Waals surface area contributed by atoms with Gasteiger partial charge in [0.25, 0.3) is 0 Å². The third-order valence-electron chi connectivity index (χ3n) is 1.31. The van der Waals surface area contributed by atoms with Gasteiger partial charge in [0.05, 0.1) is 0 Å². The Hall–Kier alpha value is -0.460. The minimum atomic E-state index is 0.670. The minimum Gasteiger partial charge on any atom is -0.0870 e. The van der Waals surface area contributed by atoms with E-state index >= 15 is 0 Å². The largest absolute Gasteiger partial charge is 0.0870 e. The second-order valence-corrected chi connectivity index (χ2v) is 3.01. The molecule has 0 unspecified atom stereocenters. The number of allylic oxidation sites excluding steroid dienone is 1. The van der Waals surface area contributed by atoms with Crippen LogP contribution in [-0.4, -0.2) is 0 Å². The molecule has 1 rings (SSSR count). The van der Waals surface area contributed by atoms with Crippen molar-refractivity contribution in [1.29, 1.82) is 0 Å². The first-order valence-electron chi connectivity index (χ1n) is 3.32. The van der Waals surface area contributed by atoms with Crippen LogP contribution in [0.1, 0.15) is 12.5 Å². The van der Waals surface area contributed by atoms with Gasteiger partial charge in [-0.2, -0.15) is 0 Å². The molecule has 0 aromatic heterocycles. The van der Waals surface area contributed by atoms with E-state index < -0.39 is 0 Å². The van der Waals surface area contributed by atoms with E-state index in [1.54, 1.807) is 6.07 Å². The summed E-state index contributed by atoms with van der Waals surface area (Å²) in [7, 11) is 0. The van der Waals surface area contributed by atoms with Gasteiger partial charge >= 0.3 is 0 Å². The summed E-state index contributed by atoms with van der Waals surface area (Å²) in [6.45, 7) is 1.95. The second-order valence-electron chi connectivity index (χ2n) is 2.17. The van der Waals surface area contributed by atoms with Crippen molar-refractivity contribution >= 4 is 29.3 Å². The molecule has 0 aliphatic carbocycles. The molecule has 0 nitrogen and oxygen atoms in total. The van der Waals surface area contributed by atoms with Crippen molar-refractivity contribution in [3.8, 4) is 0 Å². The molecule has 0 aliphatic heterocycles. The predicted octanol–water partition coefficient (Wildman–Crippen LogP) is 4.03. The van der Waals surface area contributed by atoms with E-state index in [0.29, 0.717) is 10.0 Å². The third kappa shape index (κ3) is 2.25. The summed E-state index contributed by atoms with van der Waals surface area (Å²) >= 11 is 11.6. The summed E-state index contributed by atoms with van der Waals surface area (Å²) in [4.78, 5) is 0. The van der Waals surface area contributed by atoms with Gasteiger partial charge in [-0.1, -0.05) is 41.4 Å². The number of halogens is 2. The Morgan fingerprint density at radius 3 is 2.55 bits per heavy atom. The van der Waals surface area contributed by atoms with Crippen LogP contribution in [0.4, 0.5) is 0 Å². The molecule has 0 fully saturated rings. The van der Waals surface area contributed by atoms with Crippen LogP contribution in [-0.2, 0) is 0 Å². The van der Waals surface area contributed by atoms with Crippen molar-refractivity contribution in [1.82, 2.24) is 0 Å². The van der Waals surface area contributed by atoms with Crippen molar-refractivity contribution in [2.45, 2.75) is 6.92 Å². The first-order chi connectivity index (χ1) is 5.24. The molecule has 1 aromatic carbocycles. The van der Waals surface area contributed by atoms with Gasteiger partial charge in [0.15, 0.2) is 0 Å². The van der Waals surface area contributed by atoms with Gasteiger partial charge in [0, 0.05) is 10.0 Å². The monoisotopic (exact) mass is 186 g/mol. The van der Waals surface area contributed by atoms with E-state index in [-0.39, 0.29) is 0 Å². The molecule has 0 saturated carbocycles. The standard InChI is InChI=1S/C9H8Cl2/c1-2-3-7-4-5-8(10)6-9(7)11/h2-6H,1H3. The van der Waals surface area contributed by atoms with Gasteiger partial charge in [-0.25, -0.2) is 0 Å². The fourth-order valence-corrected chi connectivity index (χ4v) is 1.29. The van der Waals surface area contributed by atoms with Crippen LogP contribution in [0.25, 0.3) is 6.08 Å². The van der Waals surface area contributed by atoms with E-state index in [1.807, 2.05) is 31.2 Å². The van der Waals surface area contributed by atoms with Crippen LogP contribution in [0.2, 0.25) is 10.0 Å². The van der Waals surface area contributed by atoms with Gasteiger partial charge in [0.1, 0.15) is 0 Å². The molecule has 0 saturated heterocycles. The van der Waals surface area contributed by atoms with Crippen LogP contribution in [0.3, 0.4) is 0 Å². The third-order valence-corrected chi connectivity index (χ3v) is 1.87. The summed E-state index contributed by atoms with van der Waals surface area (Å²) < 4.78 is 0. The lowest BCUT2D eigenvalue weighted by molar-refractivity contribution is 1.64. The Kier molecular flexibility index (Phi) is 2.98. The highest BCUT2D eigenvalue weighted by molar-refractivity contribution is 6.35. The van der Waals surface area contributed by atoms with Crippen LogP contribution in [0.5, 0.6) is 0 Å². The summed E-state index contributed by atoms with van der Waals surface area (Å²) in [5, 5.41) is 1.36. The van der Waals surface area contributed by atoms with Crippen molar-refractivity contribution in [2.75, 3.05) is 0 Å². The minimum absolute atomic E-state index is 0.670. The number of hydrogen-bond acceptors (Lipinski definition) is 0. The zero-order valence-electron chi connectivity index (χ0n) is 6.14. The quantitative estimate of drug-likeness (QED) is 0.622. The average Bonchev–Trinajstić information content (AvgIpc) is 1.95. The summed E-state index contributed by atoms with van der Waals surface area (Å²) in [6, 6.07) is 5.45. The normalized spacial score (nSPS) is 10.8. The maximum absolute atomic E-state index is 5.87. The second kappa shape index (κ2) is 3.80. The predicted molar refractivity (Wildman–Crippen MR) is 51.2 cm³/mol. The van der Waals surface area contributed by atoms with E-state index in [1.165, 1.54) is 0 Å². The highest BCUT2D eigenvalue weighted by Gasteiger charge is 1.95. The lowest BCUT2D eigenvalue weighted by Gasteiger charge is -1.96. The average molecular weight is 187 g/mol. The number of rotatable bonds is 1. The molecule has 0 bridgehead atoms. The van der Waals surface area contributed by atoms with Crippen molar-refractivity contribution in [2.24, 2.45) is 0 Å². The van der Waals surface area contributed by atoms with Crippen LogP contribution >= 0.6 is 23.2 Å².